The minimum atomic E-state index is 0. The topological polar surface area (TPSA) is 41.1 Å². The molecule has 1 aliphatic carbocycles. The van der Waals surface area contributed by atoms with Gasteiger partial charge in [-0.1, -0.05) is 13.0 Å². The van der Waals surface area contributed by atoms with Gasteiger partial charge in [-0.15, -0.1) is 12.4 Å². The van der Waals surface area contributed by atoms with Gasteiger partial charge in [0.2, 0.25) is 0 Å². The van der Waals surface area contributed by atoms with Crippen LogP contribution in [0.2, 0.25) is 0 Å². The lowest BCUT2D eigenvalue weighted by molar-refractivity contribution is 0.0954. The Hall–Kier alpha value is -1.06. The molecule has 4 heteroatoms. The third kappa shape index (κ3) is 4.80. The number of halogens is 1. The molecule has 1 aliphatic rings. The van der Waals surface area contributed by atoms with Crippen LogP contribution in [0, 0.1) is 0 Å². The van der Waals surface area contributed by atoms with Gasteiger partial charge in [0, 0.05) is 18.7 Å². The van der Waals surface area contributed by atoms with E-state index < -0.39 is 0 Å². The van der Waals surface area contributed by atoms with E-state index in [2.05, 4.69) is 29.7 Å². The molecule has 0 heterocycles. The second kappa shape index (κ2) is 8.98. The fraction of sp³-hybridized carbons (Fsp3) is 0.562. The van der Waals surface area contributed by atoms with Crippen molar-refractivity contribution in [1.29, 1.82) is 0 Å². The van der Waals surface area contributed by atoms with Gasteiger partial charge in [-0.25, -0.2) is 0 Å². The average molecular weight is 297 g/mol. The van der Waals surface area contributed by atoms with Crippen LogP contribution in [-0.4, -0.2) is 25.5 Å². The molecule has 2 rings (SSSR count). The van der Waals surface area contributed by atoms with Crippen LogP contribution in [0.1, 0.15) is 47.7 Å². The van der Waals surface area contributed by atoms with Crippen LogP contribution in [0.4, 0.5) is 0 Å². The fourth-order valence-electron chi connectivity index (χ4n) is 2.54. The maximum atomic E-state index is 12.0. The number of hydrogen-bond acceptors (Lipinski definition) is 2. The van der Waals surface area contributed by atoms with Crippen molar-refractivity contribution in [3.63, 3.8) is 0 Å². The first-order valence-corrected chi connectivity index (χ1v) is 7.42. The smallest absolute Gasteiger partial charge is 0.251 e. The van der Waals surface area contributed by atoms with Crippen LogP contribution in [0.5, 0.6) is 0 Å². The van der Waals surface area contributed by atoms with E-state index in [0.29, 0.717) is 6.54 Å². The van der Waals surface area contributed by atoms with Crippen LogP contribution < -0.4 is 10.6 Å². The van der Waals surface area contributed by atoms with Crippen molar-refractivity contribution < 1.29 is 4.79 Å². The van der Waals surface area contributed by atoms with Crippen molar-refractivity contribution in [2.75, 3.05) is 19.6 Å². The average Bonchev–Trinajstić information content (AvgIpc) is 2.46. The summed E-state index contributed by atoms with van der Waals surface area (Å²) in [5.74, 6) is 0.0478. The highest BCUT2D eigenvalue weighted by molar-refractivity contribution is 5.94. The first-order valence-electron chi connectivity index (χ1n) is 7.42. The molecule has 0 aromatic heterocycles. The number of amides is 1. The third-order valence-corrected chi connectivity index (χ3v) is 3.62. The quantitative estimate of drug-likeness (QED) is 0.793. The highest BCUT2D eigenvalue weighted by Crippen LogP contribution is 2.22. The number of fused-ring (bicyclic) bond motifs is 1. The SMILES string of the molecule is CCCNCCNC(=O)c1ccc2c(c1)CCCC2.Cl. The molecule has 112 valence electrons. The number of hydrogen-bond donors (Lipinski definition) is 2. The lowest BCUT2D eigenvalue weighted by atomic mass is 9.90. The van der Waals surface area contributed by atoms with Crippen molar-refractivity contribution in [2.45, 2.75) is 39.0 Å². The highest BCUT2D eigenvalue weighted by Gasteiger charge is 2.12. The number of carbonyl (C=O) groups is 1. The largest absolute Gasteiger partial charge is 0.351 e. The van der Waals surface area contributed by atoms with E-state index in [0.717, 1.165) is 37.9 Å². The van der Waals surface area contributed by atoms with Gasteiger partial charge in [0.05, 0.1) is 0 Å². The maximum absolute atomic E-state index is 12.0. The Morgan fingerprint density at radius 1 is 1.10 bits per heavy atom. The summed E-state index contributed by atoms with van der Waals surface area (Å²) in [5.41, 5.74) is 3.59. The van der Waals surface area contributed by atoms with E-state index in [4.69, 9.17) is 0 Å². The van der Waals surface area contributed by atoms with Crippen molar-refractivity contribution in [3.05, 3.63) is 34.9 Å². The van der Waals surface area contributed by atoms with Gasteiger partial charge in [-0.3, -0.25) is 4.79 Å². The second-order valence-electron chi connectivity index (χ2n) is 5.20. The minimum absolute atomic E-state index is 0. The molecule has 1 aromatic carbocycles. The van der Waals surface area contributed by atoms with Crippen LogP contribution in [0.3, 0.4) is 0 Å². The molecule has 0 radical (unpaired) electrons. The van der Waals surface area contributed by atoms with Crippen LogP contribution in [-0.2, 0) is 12.8 Å². The molecule has 3 nitrogen and oxygen atoms in total. The molecule has 2 N–H and O–H groups in total. The Kier molecular flexibility index (Phi) is 7.63. The second-order valence-corrected chi connectivity index (χ2v) is 5.20. The first kappa shape index (κ1) is 17.0. The molecule has 0 atom stereocenters. The van der Waals surface area contributed by atoms with Crippen LogP contribution in [0.15, 0.2) is 18.2 Å². The van der Waals surface area contributed by atoms with Gasteiger partial charge in [-0.2, -0.15) is 0 Å². The minimum Gasteiger partial charge on any atom is -0.351 e. The maximum Gasteiger partial charge on any atom is 0.251 e. The van der Waals surface area contributed by atoms with Crippen LogP contribution >= 0.6 is 12.4 Å². The van der Waals surface area contributed by atoms with E-state index in [9.17, 15) is 4.79 Å². The summed E-state index contributed by atoms with van der Waals surface area (Å²) in [6.07, 6.45) is 5.94. The fourth-order valence-corrected chi connectivity index (χ4v) is 2.54. The summed E-state index contributed by atoms with van der Waals surface area (Å²) in [4.78, 5) is 12.0. The third-order valence-electron chi connectivity index (χ3n) is 3.62. The monoisotopic (exact) mass is 296 g/mol. The highest BCUT2D eigenvalue weighted by atomic mass is 35.5. The summed E-state index contributed by atoms with van der Waals surface area (Å²) in [6, 6.07) is 6.15. The van der Waals surface area contributed by atoms with E-state index in [1.807, 2.05) is 6.07 Å². The lowest BCUT2D eigenvalue weighted by Crippen LogP contribution is -2.32. The predicted octanol–water partition coefficient (Wildman–Crippen LogP) is 2.72. The molecule has 0 spiro atoms. The van der Waals surface area contributed by atoms with Gasteiger partial charge in [-0.05, 0) is 61.9 Å². The van der Waals surface area contributed by atoms with Gasteiger partial charge in [0.15, 0.2) is 0 Å². The summed E-state index contributed by atoms with van der Waals surface area (Å²) >= 11 is 0. The van der Waals surface area contributed by atoms with Gasteiger partial charge in [0.25, 0.3) is 5.91 Å². The Bertz CT molecular complexity index is 434. The number of benzene rings is 1. The standard InChI is InChI=1S/C16H24N2O.ClH/c1-2-9-17-10-11-18-16(19)15-8-7-13-5-3-4-6-14(13)12-15;/h7-8,12,17H,2-6,9-11H2,1H3,(H,18,19);1H. The zero-order chi connectivity index (χ0) is 13.5. The molecule has 0 bridgehead atoms. The normalized spacial score (nSPS) is 13.2. The van der Waals surface area contributed by atoms with Crippen molar-refractivity contribution in [3.8, 4) is 0 Å². The van der Waals surface area contributed by atoms with Gasteiger partial charge in [0.1, 0.15) is 0 Å². The molecule has 1 amide bonds. The van der Waals surface area contributed by atoms with Crippen LogP contribution in [0.25, 0.3) is 0 Å². The molecule has 0 fully saturated rings. The molecular weight excluding hydrogens is 272 g/mol. The summed E-state index contributed by atoms with van der Waals surface area (Å²) in [6.45, 7) is 4.67. The number of nitrogens with one attached hydrogen (secondary N) is 2. The molecule has 0 saturated heterocycles. The lowest BCUT2D eigenvalue weighted by Gasteiger charge is -2.16. The van der Waals surface area contributed by atoms with Gasteiger partial charge < -0.3 is 10.6 Å². The van der Waals surface area contributed by atoms with E-state index in [-0.39, 0.29) is 18.3 Å². The van der Waals surface area contributed by atoms with E-state index in [1.165, 1.54) is 24.0 Å². The van der Waals surface area contributed by atoms with Crippen molar-refractivity contribution in [2.24, 2.45) is 0 Å². The number of rotatable bonds is 6. The van der Waals surface area contributed by atoms with Crippen molar-refractivity contribution in [1.82, 2.24) is 10.6 Å². The van der Waals surface area contributed by atoms with Crippen molar-refractivity contribution >= 4 is 18.3 Å². The first-order chi connectivity index (χ1) is 9.31. The Morgan fingerprint density at radius 3 is 2.60 bits per heavy atom. The number of carbonyl (C=O) groups excluding carboxylic acids is 1. The summed E-state index contributed by atoms with van der Waals surface area (Å²) in [5, 5.41) is 6.24. The van der Waals surface area contributed by atoms with Gasteiger partial charge >= 0.3 is 0 Å². The molecule has 0 saturated carbocycles. The molecular formula is C16H25ClN2O. The molecule has 20 heavy (non-hydrogen) atoms. The van der Waals surface area contributed by atoms with E-state index >= 15 is 0 Å². The molecule has 0 unspecified atom stereocenters. The summed E-state index contributed by atoms with van der Waals surface area (Å²) in [7, 11) is 0. The number of aryl methyl sites for hydroxylation is 2. The molecule has 1 aromatic rings. The zero-order valence-electron chi connectivity index (χ0n) is 12.2. The van der Waals surface area contributed by atoms with E-state index in [1.54, 1.807) is 0 Å². The summed E-state index contributed by atoms with van der Waals surface area (Å²) < 4.78 is 0. The Labute approximate surface area is 127 Å². The Morgan fingerprint density at radius 2 is 1.85 bits per heavy atom. The molecule has 0 aliphatic heterocycles. The Balaban J connectivity index is 0.00000200. The zero-order valence-corrected chi connectivity index (χ0v) is 13.0. The predicted molar refractivity (Wildman–Crippen MR) is 85.8 cm³/mol.